The topological polar surface area (TPSA) is 60.9 Å². The molecule has 0 saturated carbocycles. The molecule has 146 valence electrons. The van der Waals surface area contributed by atoms with Gasteiger partial charge in [0, 0.05) is 39.1 Å². The van der Waals surface area contributed by atoms with Gasteiger partial charge >= 0.3 is 0 Å². The SMILES string of the molecule is CC(c1ccccc1)N1CC(C(=O)N2CCN(C(=O)C(Cl)Cl)CC2)CC1=O. The van der Waals surface area contributed by atoms with Crippen molar-refractivity contribution in [3.8, 4) is 0 Å². The number of nitrogens with zero attached hydrogens (tertiary/aromatic N) is 3. The smallest absolute Gasteiger partial charge is 0.255 e. The summed E-state index contributed by atoms with van der Waals surface area (Å²) in [5, 5.41) is 0. The van der Waals surface area contributed by atoms with Crippen molar-refractivity contribution in [3.63, 3.8) is 0 Å². The van der Waals surface area contributed by atoms with E-state index in [9.17, 15) is 14.4 Å². The molecule has 3 rings (SSSR count). The molecule has 6 nitrogen and oxygen atoms in total. The number of hydrogen-bond acceptors (Lipinski definition) is 3. The van der Waals surface area contributed by atoms with Gasteiger partial charge in [-0.15, -0.1) is 0 Å². The standard InChI is InChI=1S/C19H23Cl2N3O3/c1-13(14-5-3-2-4-6-14)24-12-15(11-16(24)25)18(26)22-7-9-23(10-8-22)19(27)17(20)21/h2-6,13,15,17H,7-12H2,1H3. The second-order valence-corrected chi connectivity index (χ2v) is 8.08. The van der Waals surface area contributed by atoms with Crippen LogP contribution in [0.1, 0.15) is 24.9 Å². The zero-order valence-electron chi connectivity index (χ0n) is 15.2. The van der Waals surface area contributed by atoms with Crippen molar-refractivity contribution in [3.05, 3.63) is 35.9 Å². The summed E-state index contributed by atoms with van der Waals surface area (Å²) in [6, 6.07) is 9.75. The number of benzene rings is 1. The molecule has 0 N–H and O–H groups in total. The molecule has 2 fully saturated rings. The van der Waals surface area contributed by atoms with E-state index in [1.165, 1.54) is 0 Å². The lowest BCUT2D eigenvalue weighted by Gasteiger charge is -2.36. The highest BCUT2D eigenvalue weighted by molar-refractivity contribution is 6.53. The molecule has 0 bridgehead atoms. The van der Waals surface area contributed by atoms with Gasteiger partial charge in [-0.25, -0.2) is 0 Å². The predicted octanol–water partition coefficient (Wildman–Crippen LogP) is 2.07. The molecule has 8 heteroatoms. The number of alkyl halides is 2. The molecule has 1 aromatic rings. The number of carbonyl (C=O) groups is 3. The number of likely N-dealkylation sites (tertiary alicyclic amines) is 1. The molecule has 1 aromatic carbocycles. The van der Waals surface area contributed by atoms with E-state index < -0.39 is 4.84 Å². The number of hydrogen-bond donors (Lipinski definition) is 0. The average Bonchev–Trinajstić information content (AvgIpc) is 3.08. The fraction of sp³-hybridized carbons (Fsp3) is 0.526. The molecule has 0 radical (unpaired) electrons. The summed E-state index contributed by atoms with van der Waals surface area (Å²) in [7, 11) is 0. The highest BCUT2D eigenvalue weighted by Gasteiger charge is 2.39. The van der Waals surface area contributed by atoms with Gasteiger partial charge in [0.1, 0.15) is 0 Å². The van der Waals surface area contributed by atoms with Gasteiger partial charge < -0.3 is 14.7 Å². The van der Waals surface area contributed by atoms with Crippen LogP contribution in [0.25, 0.3) is 0 Å². The number of piperazine rings is 1. The van der Waals surface area contributed by atoms with Crippen LogP contribution in [-0.4, -0.2) is 70.0 Å². The van der Waals surface area contributed by atoms with Crippen LogP contribution >= 0.6 is 23.2 Å². The molecular formula is C19H23Cl2N3O3. The molecule has 2 atom stereocenters. The first kappa shape index (κ1) is 20.0. The third-order valence-electron chi connectivity index (χ3n) is 5.35. The minimum Gasteiger partial charge on any atom is -0.339 e. The second-order valence-electron chi connectivity index (χ2n) is 6.99. The Morgan fingerprint density at radius 3 is 2.22 bits per heavy atom. The van der Waals surface area contributed by atoms with Crippen LogP contribution in [-0.2, 0) is 14.4 Å². The fourth-order valence-corrected chi connectivity index (χ4v) is 4.00. The Balaban J connectivity index is 1.58. The maximum atomic E-state index is 12.9. The largest absolute Gasteiger partial charge is 0.339 e. The molecule has 2 saturated heterocycles. The van der Waals surface area contributed by atoms with Gasteiger partial charge in [-0.05, 0) is 12.5 Å². The molecule has 2 heterocycles. The van der Waals surface area contributed by atoms with Crippen molar-refractivity contribution in [2.75, 3.05) is 32.7 Å². The van der Waals surface area contributed by atoms with E-state index in [4.69, 9.17) is 23.2 Å². The maximum absolute atomic E-state index is 12.9. The van der Waals surface area contributed by atoms with E-state index >= 15 is 0 Å². The quantitative estimate of drug-likeness (QED) is 0.712. The van der Waals surface area contributed by atoms with Crippen molar-refractivity contribution in [2.24, 2.45) is 5.92 Å². The van der Waals surface area contributed by atoms with Crippen molar-refractivity contribution in [2.45, 2.75) is 24.2 Å². The van der Waals surface area contributed by atoms with Crippen molar-refractivity contribution in [1.29, 1.82) is 0 Å². The number of amides is 3. The summed E-state index contributed by atoms with van der Waals surface area (Å²) in [5.41, 5.74) is 1.06. The first-order valence-electron chi connectivity index (χ1n) is 9.08. The Morgan fingerprint density at radius 1 is 1.04 bits per heavy atom. The first-order valence-corrected chi connectivity index (χ1v) is 9.96. The van der Waals surface area contributed by atoms with Gasteiger partial charge in [-0.1, -0.05) is 53.5 Å². The van der Waals surface area contributed by atoms with Crippen LogP contribution in [0.4, 0.5) is 0 Å². The van der Waals surface area contributed by atoms with Gasteiger partial charge in [-0.2, -0.15) is 0 Å². The number of carbonyl (C=O) groups excluding carboxylic acids is 3. The van der Waals surface area contributed by atoms with Crippen LogP contribution in [0.5, 0.6) is 0 Å². The normalized spacial score (nSPS) is 21.7. The van der Waals surface area contributed by atoms with Crippen LogP contribution in [0.15, 0.2) is 30.3 Å². The Hall–Kier alpha value is -1.79. The third kappa shape index (κ3) is 4.38. The fourth-order valence-electron chi connectivity index (χ4n) is 3.73. The van der Waals surface area contributed by atoms with E-state index in [-0.39, 0.29) is 36.1 Å². The number of halogens is 2. The van der Waals surface area contributed by atoms with Gasteiger partial charge in [0.2, 0.25) is 11.8 Å². The average molecular weight is 412 g/mol. The second kappa shape index (κ2) is 8.48. The Kier molecular flexibility index (Phi) is 6.27. The lowest BCUT2D eigenvalue weighted by Crippen LogP contribution is -2.53. The van der Waals surface area contributed by atoms with E-state index in [2.05, 4.69) is 0 Å². The molecule has 0 aliphatic carbocycles. The lowest BCUT2D eigenvalue weighted by molar-refractivity contribution is -0.141. The molecular weight excluding hydrogens is 389 g/mol. The summed E-state index contributed by atoms with van der Waals surface area (Å²) in [5.74, 6) is -0.679. The Bertz CT molecular complexity index is 705. The van der Waals surface area contributed by atoms with Gasteiger partial charge in [0.25, 0.3) is 5.91 Å². The summed E-state index contributed by atoms with van der Waals surface area (Å²) in [6.45, 7) is 4.10. The van der Waals surface area contributed by atoms with Crippen molar-refractivity contribution in [1.82, 2.24) is 14.7 Å². The molecule has 0 aromatic heterocycles. The minimum absolute atomic E-state index is 0.00522. The highest BCUT2D eigenvalue weighted by atomic mass is 35.5. The summed E-state index contributed by atoms with van der Waals surface area (Å²) in [6.07, 6.45) is 0.237. The molecule has 2 aliphatic heterocycles. The van der Waals surface area contributed by atoms with E-state index in [0.717, 1.165) is 5.56 Å². The molecule has 3 amide bonds. The highest BCUT2D eigenvalue weighted by Crippen LogP contribution is 2.29. The summed E-state index contributed by atoms with van der Waals surface area (Å²) < 4.78 is 0. The maximum Gasteiger partial charge on any atom is 0.255 e. The van der Waals surface area contributed by atoms with Gasteiger partial charge in [0.15, 0.2) is 4.84 Å². The van der Waals surface area contributed by atoms with Gasteiger partial charge in [0.05, 0.1) is 12.0 Å². The summed E-state index contributed by atoms with van der Waals surface area (Å²) >= 11 is 11.3. The minimum atomic E-state index is -1.08. The first-order chi connectivity index (χ1) is 12.9. The Labute approximate surface area is 169 Å². The van der Waals surface area contributed by atoms with Gasteiger partial charge in [-0.3, -0.25) is 14.4 Å². The van der Waals surface area contributed by atoms with Crippen LogP contribution in [0, 0.1) is 5.92 Å². The zero-order valence-corrected chi connectivity index (χ0v) is 16.7. The van der Waals surface area contributed by atoms with Crippen LogP contribution < -0.4 is 0 Å². The summed E-state index contributed by atoms with van der Waals surface area (Å²) in [4.78, 5) is 41.2. The van der Waals surface area contributed by atoms with Crippen molar-refractivity contribution < 1.29 is 14.4 Å². The number of rotatable bonds is 4. The molecule has 2 unspecified atom stereocenters. The monoisotopic (exact) mass is 411 g/mol. The van der Waals surface area contributed by atoms with E-state index in [0.29, 0.717) is 32.7 Å². The lowest BCUT2D eigenvalue weighted by atomic mass is 10.1. The molecule has 27 heavy (non-hydrogen) atoms. The molecule has 2 aliphatic rings. The molecule has 0 spiro atoms. The Morgan fingerprint density at radius 2 is 1.63 bits per heavy atom. The zero-order chi connectivity index (χ0) is 19.6. The third-order valence-corrected chi connectivity index (χ3v) is 5.72. The van der Waals surface area contributed by atoms with E-state index in [1.807, 2.05) is 37.3 Å². The van der Waals surface area contributed by atoms with E-state index in [1.54, 1.807) is 14.7 Å². The van der Waals surface area contributed by atoms with Crippen LogP contribution in [0.2, 0.25) is 0 Å². The van der Waals surface area contributed by atoms with Crippen LogP contribution in [0.3, 0.4) is 0 Å². The van der Waals surface area contributed by atoms with Crippen molar-refractivity contribution >= 4 is 40.9 Å². The predicted molar refractivity (Wildman–Crippen MR) is 103 cm³/mol.